The number of nitrogens with zero attached hydrogens (tertiary/aromatic N) is 3. The molecule has 0 aliphatic heterocycles. The third-order valence-electron chi connectivity index (χ3n) is 4.14. The average Bonchev–Trinajstić information content (AvgIpc) is 3.18. The van der Waals surface area contributed by atoms with Gasteiger partial charge in [0.1, 0.15) is 5.75 Å². The highest BCUT2D eigenvalue weighted by Gasteiger charge is 2.17. The molecule has 8 heteroatoms. The maximum atomic E-state index is 12.6. The maximum Gasteiger partial charge on any atom is 0.240 e. The van der Waals surface area contributed by atoms with Gasteiger partial charge in [-0.05, 0) is 43.2 Å². The Hall–Kier alpha value is -2.71. The molecule has 0 fully saturated rings. The van der Waals surface area contributed by atoms with Crippen LogP contribution in [0.3, 0.4) is 0 Å². The largest absolute Gasteiger partial charge is 0.496 e. The van der Waals surface area contributed by atoms with E-state index in [1.165, 1.54) is 7.11 Å². The molecule has 142 valence electrons. The van der Waals surface area contributed by atoms with Gasteiger partial charge in [-0.15, -0.1) is 0 Å². The van der Waals surface area contributed by atoms with Crippen LogP contribution < -0.4 is 9.46 Å². The first-order valence-electron chi connectivity index (χ1n) is 8.56. The van der Waals surface area contributed by atoms with E-state index in [1.807, 2.05) is 29.8 Å². The van der Waals surface area contributed by atoms with Crippen molar-refractivity contribution in [3.8, 4) is 16.9 Å². The maximum absolute atomic E-state index is 12.6. The highest BCUT2D eigenvalue weighted by Crippen LogP contribution is 2.32. The molecule has 0 radical (unpaired) electrons. The summed E-state index contributed by atoms with van der Waals surface area (Å²) in [6.45, 7) is 2.95. The van der Waals surface area contributed by atoms with Gasteiger partial charge in [-0.1, -0.05) is 0 Å². The number of methoxy groups -OCH3 is 1. The first-order valence-corrected chi connectivity index (χ1v) is 10.0. The minimum absolute atomic E-state index is 0.177. The number of hydrogen-bond acceptors (Lipinski definition) is 5. The molecule has 7 nitrogen and oxygen atoms in total. The van der Waals surface area contributed by atoms with E-state index >= 15 is 0 Å². The number of nitrogens with one attached hydrogen (secondary N) is 1. The Balaban J connectivity index is 1.73. The smallest absolute Gasteiger partial charge is 0.240 e. The number of hydrogen-bond donors (Lipinski definition) is 1. The van der Waals surface area contributed by atoms with Gasteiger partial charge < -0.3 is 9.30 Å². The van der Waals surface area contributed by atoms with Crippen molar-refractivity contribution in [2.45, 2.75) is 24.8 Å². The number of aromatic nitrogens is 3. The van der Waals surface area contributed by atoms with Crippen LogP contribution in [-0.2, 0) is 16.6 Å². The molecule has 0 saturated heterocycles. The summed E-state index contributed by atoms with van der Waals surface area (Å²) in [5.41, 5.74) is 2.63. The van der Waals surface area contributed by atoms with Gasteiger partial charge in [-0.2, -0.15) is 0 Å². The molecule has 0 unspecified atom stereocenters. The molecule has 2 heterocycles. The molecule has 0 atom stereocenters. The Bertz CT molecular complexity index is 1000. The van der Waals surface area contributed by atoms with Gasteiger partial charge in [-0.25, -0.2) is 18.1 Å². The first-order chi connectivity index (χ1) is 13.0. The predicted octanol–water partition coefficient (Wildman–Crippen LogP) is 2.63. The van der Waals surface area contributed by atoms with Crippen molar-refractivity contribution in [2.75, 3.05) is 13.7 Å². The Morgan fingerprint density at radius 3 is 2.74 bits per heavy atom. The van der Waals surface area contributed by atoms with Crippen molar-refractivity contribution < 1.29 is 13.2 Å². The van der Waals surface area contributed by atoms with Crippen molar-refractivity contribution in [1.82, 2.24) is 19.3 Å². The zero-order valence-corrected chi connectivity index (χ0v) is 16.1. The molecule has 1 aromatic carbocycles. The van der Waals surface area contributed by atoms with Gasteiger partial charge in [0.15, 0.2) is 0 Å². The van der Waals surface area contributed by atoms with Gasteiger partial charge in [0.2, 0.25) is 10.0 Å². The Labute approximate surface area is 159 Å². The van der Waals surface area contributed by atoms with Crippen LogP contribution in [0.25, 0.3) is 11.1 Å². The van der Waals surface area contributed by atoms with Crippen LogP contribution in [-0.4, -0.2) is 36.6 Å². The second-order valence-corrected chi connectivity index (χ2v) is 7.87. The van der Waals surface area contributed by atoms with E-state index in [-0.39, 0.29) is 4.90 Å². The van der Waals surface area contributed by atoms with Crippen molar-refractivity contribution in [1.29, 1.82) is 0 Å². The van der Waals surface area contributed by atoms with E-state index in [2.05, 4.69) is 14.7 Å². The number of aryl methyl sites for hydroxylation is 2. The summed E-state index contributed by atoms with van der Waals surface area (Å²) < 4.78 is 35.1. The molecular weight excluding hydrogens is 364 g/mol. The summed E-state index contributed by atoms with van der Waals surface area (Å²) in [6, 6.07) is 8.69. The Morgan fingerprint density at radius 1 is 1.19 bits per heavy atom. The van der Waals surface area contributed by atoms with E-state index in [0.29, 0.717) is 25.3 Å². The zero-order valence-electron chi connectivity index (χ0n) is 15.3. The van der Waals surface area contributed by atoms with E-state index in [9.17, 15) is 8.42 Å². The highest BCUT2D eigenvalue weighted by atomic mass is 32.2. The number of pyridine rings is 1. The lowest BCUT2D eigenvalue weighted by molar-refractivity contribution is 0.415. The molecule has 0 bridgehead atoms. The Morgan fingerprint density at radius 2 is 2.04 bits per heavy atom. The van der Waals surface area contributed by atoms with Crippen LogP contribution in [0.4, 0.5) is 0 Å². The van der Waals surface area contributed by atoms with Crippen LogP contribution in [0.15, 0.2) is 60.1 Å². The number of benzene rings is 1. The minimum atomic E-state index is -3.61. The summed E-state index contributed by atoms with van der Waals surface area (Å²) in [5.74, 6) is 0.502. The SMILES string of the molecule is COc1cc(S(=O)(=O)NCCCn2ccnc2)ccc1-c1ccnc(C)c1. The van der Waals surface area contributed by atoms with Crippen molar-refractivity contribution >= 4 is 10.0 Å². The van der Waals surface area contributed by atoms with Gasteiger partial charge in [0, 0.05) is 49.0 Å². The molecule has 2 aromatic heterocycles. The van der Waals surface area contributed by atoms with Crippen LogP contribution in [0.5, 0.6) is 5.75 Å². The predicted molar refractivity (Wildman–Crippen MR) is 103 cm³/mol. The Kier molecular flexibility index (Phi) is 5.88. The minimum Gasteiger partial charge on any atom is -0.496 e. The lowest BCUT2D eigenvalue weighted by atomic mass is 10.1. The number of ether oxygens (including phenoxy) is 1. The molecule has 0 amide bonds. The number of sulfonamides is 1. The third kappa shape index (κ3) is 4.72. The molecule has 0 spiro atoms. The zero-order chi connectivity index (χ0) is 19.3. The van der Waals surface area contributed by atoms with Gasteiger partial charge >= 0.3 is 0 Å². The van der Waals surface area contributed by atoms with Gasteiger partial charge in [0.05, 0.1) is 18.3 Å². The van der Waals surface area contributed by atoms with E-state index < -0.39 is 10.0 Å². The molecule has 1 N–H and O–H groups in total. The lowest BCUT2D eigenvalue weighted by Crippen LogP contribution is -2.25. The van der Waals surface area contributed by atoms with Crippen LogP contribution in [0.2, 0.25) is 0 Å². The molecule has 0 aliphatic carbocycles. The molecular formula is C19H22N4O3S. The molecule has 0 aliphatic rings. The van der Waals surface area contributed by atoms with Crippen LogP contribution in [0.1, 0.15) is 12.1 Å². The van der Waals surface area contributed by atoms with Crippen molar-refractivity contribution in [2.24, 2.45) is 0 Å². The molecule has 0 saturated carbocycles. The lowest BCUT2D eigenvalue weighted by Gasteiger charge is -2.12. The third-order valence-corrected chi connectivity index (χ3v) is 5.59. The topological polar surface area (TPSA) is 86.1 Å². The second kappa shape index (κ2) is 8.32. The summed E-state index contributed by atoms with van der Waals surface area (Å²) in [6.07, 6.45) is 7.64. The quantitative estimate of drug-likeness (QED) is 0.602. The fourth-order valence-corrected chi connectivity index (χ4v) is 3.85. The standard InChI is InChI=1S/C19H22N4O3S/c1-15-12-16(6-8-21-15)18-5-4-17(13-19(18)26-2)27(24,25)22-7-3-10-23-11-9-20-14-23/h4-6,8-9,11-14,22H,3,7,10H2,1-2H3. The fraction of sp³-hybridized carbons (Fsp3) is 0.263. The fourth-order valence-electron chi connectivity index (χ4n) is 2.76. The van der Waals surface area contributed by atoms with Gasteiger partial charge in [0.25, 0.3) is 0 Å². The van der Waals surface area contributed by atoms with Crippen molar-refractivity contribution in [3.05, 3.63) is 60.9 Å². The van der Waals surface area contributed by atoms with E-state index in [1.54, 1.807) is 36.9 Å². The monoisotopic (exact) mass is 386 g/mol. The van der Waals surface area contributed by atoms with Gasteiger partial charge in [-0.3, -0.25) is 4.98 Å². The van der Waals surface area contributed by atoms with E-state index in [4.69, 9.17) is 4.74 Å². The molecule has 3 rings (SSSR count). The average molecular weight is 386 g/mol. The normalized spacial score (nSPS) is 11.5. The number of imidazole rings is 1. The summed E-state index contributed by atoms with van der Waals surface area (Å²) >= 11 is 0. The van der Waals surface area contributed by atoms with Crippen LogP contribution in [0, 0.1) is 6.92 Å². The number of rotatable bonds is 8. The molecule has 3 aromatic rings. The first kappa shape index (κ1) is 19.1. The van der Waals surface area contributed by atoms with Crippen molar-refractivity contribution in [3.63, 3.8) is 0 Å². The molecule has 27 heavy (non-hydrogen) atoms. The summed E-state index contributed by atoms with van der Waals surface area (Å²) in [4.78, 5) is 8.32. The second-order valence-electron chi connectivity index (χ2n) is 6.10. The van der Waals surface area contributed by atoms with Crippen LogP contribution >= 0.6 is 0 Å². The summed E-state index contributed by atoms with van der Waals surface area (Å²) in [5, 5.41) is 0. The van der Waals surface area contributed by atoms with E-state index in [0.717, 1.165) is 16.8 Å². The summed E-state index contributed by atoms with van der Waals surface area (Å²) in [7, 11) is -2.08. The highest BCUT2D eigenvalue weighted by molar-refractivity contribution is 7.89.